The second kappa shape index (κ2) is 4.70. The standard InChI is InChI=1S/C11H11ClINO/c12-7-4-5-10(13)9(6-7)11(15)14-8-2-1-3-8/h4-6,8H,1-3H2,(H,14,15). The fraction of sp³-hybridized carbons (Fsp3) is 0.364. The molecule has 1 aliphatic carbocycles. The van der Waals surface area contributed by atoms with E-state index in [2.05, 4.69) is 27.9 Å². The average Bonchev–Trinajstić information content (AvgIpc) is 2.15. The number of carbonyl (C=O) groups is 1. The second-order valence-electron chi connectivity index (χ2n) is 3.73. The summed E-state index contributed by atoms with van der Waals surface area (Å²) in [5.41, 5.74) is 0.676. The van der Waals surface area contributed by atoms with E-state index in [0.29, 0.717) is 16.6 Å². The van der Waals surface area contributed by atoms with Gasteiger partial charge in [0.25, 0.3) is 5.91 Å². The quantitative estimate of drug-likeness (QED) is 0.826. The molecule has 0 heterocycles. The van der Waals surface area contributed by atoms with Gasteiger partial charge in [-0.15, -0.1) is 0 Å². The number of hydrogen-bond donors (Lipinski definition) is 1. The minimum atomic E-state index is -0.00778. The molecule has 0 saturated heterocycles. The summed E-state index contributed by atoms with van der Waals surface area (Å²) in [5, 5.41) is 3.60. The molecule has 1 amide bonds. The first-order valence-corrected chi connectivity index (χ1v) is 6.38. The van der Waals surface area contributed by atoms with Crippen molar-refractivity contribution in [3.8, 4) is 0 Å². The Morgan fingerprint density at radius 1 is 1.47 bits per heavy atom. The maximum atomic E-state index is 11.8. The van der Waals surface area contributed by atoms with Gasteiger partial charge in [0.2, 0.25) is 0 Å². The number of benzene rings is 1. The molecule has 0 aromatic heterocycles. The Labute approximate surface area is 108 Å². The molecule has 1 aromatic rings. The molecule has 0 atom stereocenters. The summed E-state index contributed by atoms with van der Waals surface area (Å²) in [6, 6.07) is 5.74. The molecule has 4 heteroatoms. The third-order valence-electron chi connectivity index (χ3n) is 2.61. The highest BCUT2D eigenvalue weighted by atomic mass is 127. The van der Waals surface area contributed by atoms with Crippen molar-refractivity contribution in [3.63, 3.8) is 0 Å². The van der Waals surface area contributed by atoms with Gasteiger partial charge in [-0.3, -0.25) is 4.79 Å². The number of amides is 1. The van der Waals surface area contributed by atoms with Gasteiger partial charge in [-0.05, 0) is 60.1 Å². The molecule has 0 spiro atoms. The first kappa shape index (κ1) is 11.2. The van der Waals surface area contributed by atoms with Gasteiger partial charge < -0.3 is 5.32 Å². The Kier molecular flexibility index (Phi) is 3.51. The van der Waals surface area contributed by atoms with Gasteiger partial charge in [-0.2, -0.15) is 0 Å². The third-order valence-corrected chi connectivity index (χ3v) is 3.79. The molecule has 2 nitrogen and oxygen atoms in total. The van der Waals surface area contributed by atoms with Crippen molar-refractivity contribution in [2.75, 3.05) is 0 Å². The zero-order valence-electron chi connectivity index (χ0n) is 8.09. The van der Waals surface area contributed by atoms with Crippen LogP contribution in [0.1, 0.15) is 29.6 Å². The SMILES string of the molecule is O=C(NC1CCC1)c1cc(Cl)ccc1I. The Morgan fingerprint density at radius 2 is 2.20 bits per heavy atom. The van der Waals surface area contributed by atoms with Crippen LogP contribution in [-0.4, -0.2) is 11.9 Å². The van der Waals surface area contributed by atoms with E-state index in [1.165, 1.54) is 6.42 Å². The van der Waals surface area contributed by atoms with Crippen molar-refractivity contribution in [2.24, 2.45) is 0 Å². The highest BCUT2D eigenvalue weighted by Crippen LogP contribution is 2.21. The lowest BCUT2D eigenvalue weighted by Gasteiger charge is -2.26. The fourth-order valence-corrected chi connectivity index (χ4v) is 2.24. The molecule has 1 aliphatic rings. The number of rotatable bonds is 2. The monoisotopic (exact) mass is 335 g/mol. The summed E-state index contributed by atoms with van der Waals surface area (Å²) in [7, 11) is 0. The Balaban J connectivity index is 2.12. The molecular weight excluding hydrogens is 324 g/mol. The van der Waals surface area contributed by atoms with E-state index >= 15 is 0 Å². The molecule has 0 unspecified atom stereocenters. The number of hydrogen-bond acceptors (Lipinski definition) is 1. The summed E-state index contributed by atoms with van der Waals surface area (Å²) < 4.78 is 0.939. The average molecular weight is 336 g/mol. The molecule has 15 heavy (non-hydrogen) atoms. The summed E-state index contributed by atoms with van der Waals surface area (Å²) in [6.07, 6.45) is 3.42. The Hall–Kier alpha value is -0.290. The van der Waals surface area contributed by atoms with Crippen LogP contribution in [0.3, 0.4) is 0 Å². The van der Waals surface area contributed by atoms with Crippen LogP contribution >= 0.6 is 34.2 Å². The van der Waals surface area contributed by atoms with Crippen LogP contribution < -0.4 is 5.32 Å². The first-order valence-electron chi connectivity index (χ1n) is 4.93. The van der Waals surface area contributed by atoms with Gasteiger partial charge in [0.05, 0.1) is 5.56 Å². The number of carbonyl (C=O) groups excluding carboxylic acids is 1. The maximum absolute atomic E-state index is 11.8. The van der Waals surface area contributed by atoms with E-state index in [0.717, 1.165) is 16.4 Å². The van der Waals surface area contributed by atoms with Crippen molar-refractivity contribution in [3.05, 3.63) is 32.4 Å². The van der Waals surface area contributed by atoms with E-state index in [1.54, 1.807) is 12.1 Å². The molecule has 80 valence electrons. The lowest BCUT2D eigenvalue weighted by atomic mass is 9.93. The van der Waals surface area contributed by atoms with E-state index in [-0.39, 0.29) is 5.91 Å². The predicted octanol–water partition coefficient (Wildman–Crippen LogP) is 3.23. The minimum absolute atomic E-state index is 0.00778. The Bertz CT molecular complexity index is 390. The fourth-order valence-electron chi connectivity index (χ4n) is 1.49. The van der Waals surface area contributed by atoms with E-state index in [1.807, 2.05) is 6.07 Å². The Morgan fingerprint density at radius 3 is 2.80 bits per heavy atom. The van der Waals surface area contributed by atoms with Crippen LogP contribution in [0.4, 0.5) is 0 Å². The minimum Gasteiger partial charge on any atom is -0.349 e. The van der Waals surface area contributed by atoms with Crippen LogP contribution in [0.25, 0.3) is 0 Å². The van der Waals surface area contributed by atoms with Crippen molar-refractivity contribution in [2.45, 2.75) is 25.3 Å². The van der Waals surface area contributed by atoms with Gasteiger partial charge in [0.15, 0.2) is 0 Å². The molecular formula is C11H11ClINO. The lowest BCUT2D eigenvalue weighted by molar-refractivity contribution is 0.0916. The molecule has 0 aliphatic heterocycles. The summed E-state index contributed by atoms with van der Waals surface area (Å²) in [4.78, 5) is 11.8. The summed E-state index contributed by atoms with van der Waals surface area (Å²) in [5.74, 6) is -0.00778. The maximum Gasteiger partial charge on any atom is 0.252 e. The van der Waals surface area contributed by atoms with Crippen LogP contribution in [0, 0.1) is 3.57 Å². The topological polar surface area (TPSA) is 29.1 Å². The van der Waals surface area contributed by atoms with Crippen LogP contribution in [0.2, 0.25) is 5.02 Å². The normalized spacial score (nSPS) is 15.9. The van der Waals surface area contributed by atoms with E-state index < -0.39 is 0 Å². The molecule has 0 radical (unpaired) electrons. The highest BCUT2D eigenvalue weighted by Gasteiger charge is 2.21. The summed E-state index contributed by atoms with van der Waals surface area (Å²) >= 11 is 8.01. The van der Waals surface area contributed by atoms with Crippen molar-refractivity contribution < 1.29 is 4.79 Å². The van der Waals surface area contributed by atoms with Crippen molar-refractivity contribution in [1.82, 2.24) is 5.32 Å². The van der Waals surface area contributed by atoms with Gasteiger partial charge in [0, 0.05) is 14.6 Å². The highest BCUT2D eigenvalue weighted by molar-refractivity contribution is 14.1. The van der Waals surface area contributed by atoms with Gasteiger partial charge in [-0.1, -0.05) is 11.6 Å². The molecule has 1 fully saturated rings. The molecule has 0 bridgehead atoms. The largest absolute Gasteiger partial charge is 0.349 e. The van der Waals surface area contributed by atoms with Gasteiger partial charge >= 0.3 is 0 Å². The van der Waals surface area contributed by atoms with Gasteiger partial charge in [-0.25, -0.2) is 0 Å². The van der Waals surface area contributed by atoms with Crippen molar-refractivity contribution in [1.29, 1.82) is 0 Å². The number of nitrogens with one attached hydrogen (secondary N) is 1. The lowest BCUT2D eigenvalue weighted by Crippen LogP contribution is -2.39. The zero-order valence-corrected chi connectivity index (χ0v) is 11.0. The van der Waals surface area contributed by atoms with Gasteiger partial charge in [0.1, 0.15) is 0 Å². The molecule has 1 aromatic carbocycles. The van der Waals surface area contributed by atoms with Crippen molar-refractivity contribution >= 4 is 40.1 Å². The molecule has 1 N–H and O–H groups in total. The van der Waals surface area contributed by atoms with Crippen LogP contribution in [0.5, 0.6) is 0 Å². The van der Waals surface area contributed by atoms with E-state index in [4.69, 9.17) is 11.6 Å². The molecule has 2 rings (SSSR count). The summed E-state index contributed by atoms with van der Waals surface area (Å²) in [6.45, 7) is 0. The first-order chi connectivity index (χ1) is 7.16. The zero-order chi connectivity index (χ0) is 10.8. The van der Waals surface area contributed by atoms with Crippen LogP contribution in [-0.2, 0) is 0 Å². The smallest absolute Gasteiger partial charge is 0.252 e. The van der Waals surface area contributed by atoms with Crippen LogP contribution in [0.15, 0.2) is 18.2 Å². The molecule has 1 saturated carbocycles. The second-order valence-corrected chi connectivity index (χ2v) is 5.32. The third kappa shape index (κ3) is 2.64. The van der Waals surface area contributed by atoms with E-state index in [9.17, 15) is 4.79 Å². The number of halogens is 2. The predicted molar refractivity (Wildman–Crippen MR) is 69.3 cm³/mol.